The first-order valence-corrected chi connectivity index (χ1v) is 6.40. The van der Waals surface area contributed by atoms with Crippen LogP contribution >= 0.6 is 11.3 Å². The normalized spacial score (nSPS) is 12.8. The van der Waals surface area contributed by atoms with Crippen LogP contribution in [0.15, 0.2) is 5.38 Å². The van der Waals surface area contributed by atoms with Crippen molar-refractivity contribution in [3.8, 4) is 0 Å². The van der Waals surface area contributed by atoms with Gasteiger partial charge < -0.3 is 10.4 Å². The zero-order chi connectivity index (χ0) is 12.1. The van der Waals surface area contributed by atoms with Crippen molar-refractivity contribution in [2.24, 2.45) is 5.92 Å². The van der Waals surface area contributed by atoms with E-state index in [4.69, 9.17) is 0 Å². The molecule has 2 N–H and O–H groups in total. The van der Waals surface area contributed by atoms with Crippen molar-refractivity contribution in [1.29, 1.82) is 0 Å². The lowest BCUT2D eigenvalue weighted by atomic mass is 10.0. The van der Waals surface area contributed by atoms with Crippen LogP contribution in [-0.4, -0.2) is 16.0 Å². The summed E-state index contributed by atoms with van der Waals surface area (Å²) in [6.07, 6.45) is 1.07. The fraction of sp³-hybridized carbons (Fsp3) is 0.636. The number of nitrogens with zero attached hydrogens (tertiary/aromatic N) is 1. The molecule has 1 heterocycles. The van der Waals surface area contributed by atoms with Crippen molar-refractivity contribution in [2.75, 3.05) is 5.32 Å². The Hall–Kier alpha value is -0.940. The Morgan fingerprint density at radius 2 is 2.19 bits per heavy atom. The van der Waals surface area contributed by atoms with Crippen LogP contribution < -0.4 is 5.32 Å². The highest BCUT2D eigenvalue weighted by Crippen LogP contribution is 2.21. The third-order valence-corrected chi connectivity index (χ3v) is 3.31. The van der Waals surface area contributed by atoms with E-state index in [2.05, 4.69) is 10.3 Å². The van der Waals surface area contributed by atoms with E-state index in [1.807, 2.05) is 13.8 Å². The van der Waals surface area contributed by atoms with Crippen molar-refractivity contribution >= 4 is 22.4 Å². The van der Waals surface area contributed by atoms with E-state index in [-0.39, 0.29) is 11.8 Å². The lowest BCUT2D eigenvalue weighted by molar-refractivity contribution is -0.120. The molecule has 0 bridgehead atoms. The standard InChI is InChI=1S/C11H18N2O2S/c1-4-8(5-2)10(15)13-11-12-9(6-16-11)7(3)14/h6-8,14H,4-5H2,1-3H3,(H,12,13,15). The van der Waals surface area contributed by atoms with Crippen LogP contribution in [0.4, 0.5) is 5.13 Å². The maximum atomic E-state index is 11.7. The fourth-order valence-corrected chi connectivity index (χ4v) is 2.20. The number of hydrogen-bond acceptors (Lipinski definition) is 4. The molecule has 0 aromatic carbocycles. The monoisotopic (exact) mass is 242 g/mol. The molecule has 16 heavy (non-hydrogen) atoms. The number of hydrogen-bond donors (Lipinski definition) is 2. The highest BCUT2D eigenvalue weighted by Gasteiger charge is 2.16. The molecular formula is C11H18N2O2S. The van der Waals surface area contributed by atoms with Gasteiger partial charge in [-0.2, -0.15) is 0 Å². The van der Waals surface area contributed by atoms with Crippen LogP contribution in [0.3, 0.4) is 0 Å². The fourth-order valence-electron chi connectivity index (χ4n) is 1.40. The molecule has 0 saturated heterocycles. The summed E-state index contributed by atoms with van der Waals surface area (Å²) in [6, 6.07) is 0. The molecule has 0 aliphatic carbocycles. The minimum Gasteiger partial charge on any atom is -0.387 e. The van der Waals surface area contributed by atoms with E-state index in [1.54, 1.807) is 12.3 Å². The van der Waals surface area contributed by atoms with Gasteiger partial charge in [-0.05, 0) is 19.8 Å². The second-order valence-corrected chi connectivity index (χ2v) is 4.61. The Balaban J connectivity index is 2.62. The minimum absolute atomic E-state index is 0.0106. The van der Waals surface area contributed by atoms with Gasteiger partial charge in [-0.3, -0.25) is 4.79 Å². The van der Waals surface area contributed by atoms with Gasteiger partial charge in [-0.15, -0.1) is 11.3 Å². The van der Waals surface area contributed by atoms with Crippen LogP contribution in [0, 0.1) is 5.92 Å². The van der Waals surface area contributed by atoms with Crippen LogP contribution in [0.1, 0.15) is 45.4 Å². The largest absolute Gasteiger partial charge is 0.387 e. The number of aliphatic hydroxyl groups is 1. The van der Waals surface area contributed by atoms with E-state index in [0.29, 0.717) is 10.8 Å². The number of aliphatic hydroxyl groups excluding tert-OH is 1. The van der Waals surface area contributed by atoms with E-state index in [1.165, 1.54) is 11.3 Å². The number of anilines is 1. The summed E-state index contributed by atoms with van der Waals surface area (Å²) < 4.78 is 0. The Morgan fingerprint density at radius 1 is 1.56 bits per heavy atom. The first-order chi connectivity index (χ1) is 7.58. The highest BCUT2D eigenvalue weighted by atomic mass is 32.1. The Bertz CT molecular complexity index is 346. The summed E-state index contributed by atoms with van der Waals surface area (Å²) in [5.41, 5.74) is 0.602. The average Bonchev–Trinajstić information content (AvgIpc) is 2.68. The van der Waals surface area contributed by atoms with Gasteiger partial charge in [0, 0.05) is 11.3 Å². The van der Waals surface area contributed by atoms with E-state index in [9.17, 15) is 9.90 Å². The second-order valence-electron chi connectivity index (χ2n) is 3.76. The van der Waals surface area contributed by atoms with Gasteiger partial charge in [0.15, 0.2) is 5.13 Å². The quantitative estimate of drug-likeness (QED) is 0.834. The Morgan fingerprint density at radius 3 is 2.62 bits per heavy atom. The van der Waals surface area contributed by atoms with Gasteiger partial charge in [0.2, 0.25) is 5.91 Å². The summed E-state index contributed by atoms with van der Waals surface area (Å²) >= 11 is 1.34. The average molecular weight is 242 g/mol. The summed E-state index contributed by atoms with van der Waals surface area (Å²) in [4.78, 5) is 15.9. The predicted molar refractivity (Wildman–Crippen MR) is 65.4 cm³/mol. The molecule has 5 heteroatoms. The number of amides is 1. The molecule has 1 aromatic heterocycles. The first kappa shape index (κ1) is 13.1. The SMILES string of the molecule is CCC(CC)C(=O)Nc1nc(C(C)O)cs1. The molecule has 1 aromatic rings. The maximum absolute atomic E-state index is 11.7. The molecule has 1 atom stereocenters. The smallest absolute Gasteiger partial charge is 0.229 e. The molecule has 0 aliphatic heterocycles. The molecule has 4 nitrogen and oxygen atoms in total. The minimum atomic E-state index is -0.588. The molecule has 1 rings (SSSR count). The van der Waals surface area contributed by atoms with Gasteiger partial charge >= 0.3 is 0 Å². The number of carbonyl (C=O) groups is 1. The summed E-state index contributed by atoms with van der Waals surface area (Å²) in [5, 5.41) is 14.4. The maximum Gasteiger partial charge on any atom is 0.229 e. The van der Waals surface area contributed by atoms with Crippen molar-refractivity contribution in [3.63, 3.8) is 0 Å². The number of nitrogens with one attached hydrogen (secondary N) is 1. The summed E-state index contributed by atoms with van der Waals surface area (Å²) in [6.45, 7) is 5.65. The van der Waals surface area contributed by atoms with E-state index >= 15 is 0 Å². The van der Waals surface area contributed by atoms with Gasteiger partial charge in [-0.25, -0.2) is 4.98 Å². The molecule has 0 saturated carbocycles. The Kier molecular flexibility index (Phi) is 4.89. The Labute approximate surface area is 99.7 Å². The van der Waals surface area contributed by atoms with Crippen LogP contribution in [0.5, 0.6) is 0 Å². The number of carbonyl (C=O) groups excluding carboxylic acids is 1. The number of rotatable bonds is 5. The molecule has 0 radical (unpaired) electrons. The van der Waals surface area contributed by atoms with Gasteiger partial charge in [-0.1, -0.05) is 13.8 Å². The molecule has 1 unspecified atom stereocenters. The molecular weight excluding hydrogens is 224 g/mol. The number of thiazole rings is 1. The van der Waals surface area contributed by atoms with Gasteiger partial charge in [0.25, 0.3) is 0 Å². The summed E-state index contributed by atoms with van der Waals surface area (Å²) in [5.74, 6) is 0.0513. The third kappa shape index (κ3) is 3.28. The highest BCUT2D eigenvalue weighted by molar-refractivity contribution is 7.13. The van der Waals surface area contributed by atoms with Crippen LogP contribution in [0.25, 0.3) is 0 Å². The molecule has 0 aliphatic rings. The van der Waals surface area contributed by atoms with E-state index in [0.717, 1.165) is 12.8 Å². The van der Waals surface area contributed by atoms with E-state index < -0.39 is 6.10 Å². The second kappa shape index (κ2) is 5.96. The van der Waals surface area contributed by atoms with Gasteiger partial charge in [0.05, 0.1) is 11.8 Å². The van der Waals surface area contributed by atoms with Crippen LogP contribution in [-0.2, 0) is 4.79 Å². The van der Waals surface area contributed by atoms with Crippen molar-refractivity contribution in [2.45, 2.75) is 39.7 Å². The van der Waals surface area contributed by atoms with Gasteiger partial charge in [0.1, 0.15) is 0 Å². The zero-order valence-electron chi connectivity index (χ0n) is 9.86. The lowest BCUT2D eigenvalue weighted by Gasteiger charge is -2.10. The first-order valence-electron chi connectivity index (χ1n) is 5.52. The topological polar surface area (TPSA) is 62.2 Å². The molecule has 1 amide bonds. The van der Waals surface area contributed by atoms with Crippen molar-refractivity contribution in [1.82, 2.24) is 4.98 Å². The molecule has 90 valence electrons. The molecule has 0 spiro atoms. The molecule has 0 fully saturated rings. The predicted octanol–water partition coefficient (Wildman–Crippen LogP) is 2.57. The zero-order valence-corrected chi connectivity index (χ0v) is 10.7. The van der Waals surface area contributed by atoms with Crippen LogP contribution in [0.2, 0.25) is 0 Å². The van der Waals surface area contributed by atoms with Crippen molar-refractivity contribution < 1.29 is 9.90 Å². The lowest BCUT2D eigenvalue weighted by Crippen LogP contribution is -2.21. The number of aromatic nitrogens is 1. The third-order valence-electron chi connectivity index (χ3n) is 2.54. The van der Waals surface area contributed by atoms with Crippen molar-refractivity contribution in [3.05, 3.63) is 11.1 Å². The summed E-state index contributed by atoms with van der Waals surface area (Å²) in [7, 11) is 0.